The number of fused-ring (bicyclic) bond motifs is 1. The molecule has 0 bridgehead atoms. The van der Waals surface area contributed by atoms with E-state index in [1.807, 2.05) is 24.3 Å². The maximum atomic E-state index is 11.1. The molecule has 2 aromatic rings. The number of nitrogens with zero attached hydrogens (tertiary/aromatic N) is 2. The average Bonchev–Trinajstić information content (AvgIpc) is 2.73. The number of aryl methyl sites for hydroxylation is 1. The average molecular weight is 250 g/mol. The summed E-state index contributed by atoms with van der Waals surface area (Å²) in [4.78, 5) is 15.6. The SMILES string of the molecule is CCn1c(SCC(=O)NN)nc2ccccc21. The van der Waals surface area contributed by atoms with Gasteiger partial charge >= 0.3 is 0 Å². The number of nitrogens with two attached hydrogens (primary N) is 1. The number of rotatable bonds is 4. The monoisotopic (exact) mass is 250 g/mol. The number of carbonyl (C=O) groups is 1. The summed E-state index contributed by atoms with van der Waals surface area (Å²) in [5.74, 6) is 5.12. The topological polar surface area (TPSA) is 72.9 Å². The van der Waals surface area contributed by atoms with Crippen LogP contribution in [0.2, 0.25) is 0 Å². The lowest BCUT2D eigenvalue weighted by Gasteiger charge is -2.04. The number of benzene rings is 1. The lowest BCUT2D eigenvalue weighted by atomic mass is 10.3. The highest BCUT2D eigenvalue weighted by Gasteiger charge is 2.10. The van der Waals surface area contributed by atoms with Crippen molar-refractivity contribution in [1.82, 2.24) is 15.0 Å². The van der Waals surface area contributed by atoms with E-state index < -0.39 is 0 Å². The number of carbonyl (C=O) groups excluding carboxylic acids is 1. The van der Waals surface area contributed by atoms with Crippen LogP contribution in [0.25, 0.3) is 11.0 Å². The fourth-order valence-electron chi connectivity index (χ4n) is 1.64. The number of imidazole rings is 1. The first-order chi connectivity index (χ1) is 8.26. The van der Waals surface area contributed by atoms with Crippen molar-refractivity contribution in [2.75, 3.05) is 5.75 Å². The molecule has 3 N–H and O–H groups in total. The molecule has 0 atom stereocenters. The Hall–Kier alpha value is -1.53. The van der Waals surface area contributed by atoms with Gasteiger partial charge in [-0.2, -0.15) is 0 Å². The molecular formula is C11H14N4OS. The summed E-state index contributed by atoms with van der Waals surface area (Å²) in [6.45, 7) is 2.88. The van der Waals surface area contributed by atoms with Crippen molar-refractivity contribution >= 4 is 28.7 Å². The van der Waals surface area contributed by atoms with E-state index in [-0.39, 0.29) is 11.7 Å². The lowest BCUT2D eigenvalue weighted by Crippen LogP contribution is -2.31. The van der Waals surface area contributed by atoms with Gasteiger partial charge in [0.1, 0.15) is 0 Å². The van der Waals surface area contributed by atoms with Gasteiger partial charge in [0.15, 0.2) is 5.16 Å². The lowest BCUT2D eigenvalue weighted by molar-refractivity contribution is -0.118. The molecule has 0 spiro atoms. The molecule has 1 aromatic heterocycles. The second kappa shape index (κ2) is 5.20. The molecule has 0 aliphatic carbocycles. The second-order valence-corrected chi connectivity index (χ2v) is 4.43. The Morgan fingerprint density at radius 2 is 2.29 bits per heavy atom. The molecule has 0 unspecified atom stereocenters. The molecule has 0 radical (unpaired) electrons. The number of thioether (sulfide) groups is 1. The van der Waals surface area contributed by atoms with Crippen LogP contribution in [0.5, 0.6) is 0 Å². The smallest absolute Gasteiger partial charge is 0.244 e. The number of aromatic nitrogens is 2. The molecule has 5 nitrogen and oxygen atoms in total. The number of para-hydroxylation sites is 2. The molecule has 2 rings (SSSR count). The summed E-state index contributed by atoms with van der Waals surface area (Å²) in [5.41, 5.74) is 4.15. The first-order valence-electron chi connectivity index (χ1n) is 5.33. The molecule has 0 saturated heterocycles. The Balaban J connectivity index is 2.30. The minimum absolute atomic E-state index is 0.204. The van der Waals surface area contributed by atoms with Gasteiger partial charge in [-0.05, 0) is 19.1 Å². The van der Waals surface area contributed by atoms with E-state index in [1.54, 1.807) is 0 Å². The third-order valence-corrected chi connectivity index (χ3v) is 3.41. The van der Waals surface area contributed by atoms with Gasteiger partial charge in [0.2, 0.25) is 5.91 Å². The molecule has 1 aromatic carbocycles. The Bertz CT molecular complexity index is 537. The van der Waals surface area contributed by atoms with E-state index in [9.17, 15) is 4.79 Å². The minimum Gasteiger partial charge on any atom is -0.319 e. The minimum atomic E-state index is -0.204. The Morgan fingerprint density at radius 1 is 1.53 bits per heavy atom. The van der Waals surface area contributed by atoms with E-state index in [0.717, 1.165) is 22.7 Å². The Kier molecular flexibility index (Phi) is 3.65. The van der Waals surface area contributed by atoms with Gasteiger partial charge in [-0.1, -0.05) is 23.9 Å². The maximum Gasteiger partial charge on any atom is 0.244 e. The first kappa shape index (κ1) is 11.9. The third kappa shape index (κ3) is 2.42. The van der Waals surface area contributed by atoms with E-state index in [1.165, 1.54) is 11.8 Å². The van der Waals surface area contributed by atoms with Crippen LogP contribution in [-0.4, -0.2) is 21.2 Å². The van der Waals surface area contributed by atoms with Crippen LogP contribution in [0.4, 0.5) is 0 Å². The van der Waals surface area contributed by atoms with Crippen LogP contribution < -0.4 is 11.3 Å². The van der Waals surface area contributed by atoms with Gasteiger partial charge < -0.3 is 4.57 Å². The Morgan fingerprint density at radius 3 is 3.00 bits per heavy atom. The van der Waals surface area contributed by atoms with Crippen molar-refractivity contribution in [3.63, 3.8) is 0 Å². The predicted molar refractivity (Wildman–Crippen MR) is 68.5 cm³/mol. The molecule has 0 fully saturated rings. The van der Waals surface area contributed by atoms with Gasteiger partial charge in [-0.15, -0.1) is 0 Å². The number of hydrazine groups is 1. The van der Waals surface area contributed by atoms with Gasteiger partial charge in [-0.3, -0.25) is 10.2 Å². The molecule has 0 saturated carbocycles. The van der Waals surface area contributed by atoms with E-state index in [4.69, 9.17) is 5.84 Å². The molecule has 17 heavy (non-hydrogen) atoms. The normalized spacial score (nSPS) is 10.7. The zero-order valence-electron chi connectivity index (χ0n) is 9.51. The number of hydrogen-bond donors (Lipinski definition) is 2. The summed E-state index contributed by atoms with van der Waals surface area (Å²) in [6, 6.07) is 7.93. The van der Waals surface area contributed by atoms with Crippen LogP contribution in [0.1, 0.15) is 6.92 Å². The summed E-state index contributed by atoms with van der Waals surface area (Å²) in [6.07, 6.45) is 0. The number of nitrogens with one attached hydrogen (secondary N) is 1. The number of amides is 1. The zero-order valence-corrected chi connectivity index (χ0v) is 10.3. The third-order valence-electron chi connectivity index (χ3n) is 2.43. The summed E-state index contributed by atoms with van der Waals surface area (Å²) >= 11 is 1.39. The van der Waals surface area contributed by atoms with Crippen molar-refractivity contribution in [3.05, 3.63) is 24.3 Å². The maximum absolute atomic E-state index is 11.1. The second-order valence-electron chi connectivity index (χ2n) is 3.48. The molecule has 0 aliphatic heterocycles. The fraction of sp³-hybridized carbons (Fsp3) is 0.273. The Labute approximate surface area is 103 Å². The largest absolute Gasteiger partial charge is 0.319 e. The molecule has 1 amide bonds. The van der Waals surface area contributed by atoms with Crippen molar-refractivity contribution in [2.24, 2.45) is 5.84 Å². The van der Waals surface area contributed by atoms with Crippen LogP contribution in [0.3, 0.4) is 0 Å². The van der Waals surface area contributed by atoms with Crippen molar-refractivity contribution in [3.8, 4) is 0 Å². The molecule has 0 aliphatic rings. The molecular weight excluding hydrogens is 236 g/mol. The van der Waals surface area contributed by atoms with Crippen LogP contribution in [-0.2, 0) is 11.3 Å². The van der Waals surface area contributed by atoms with E-state index >= 15 is 0 Å². The fourth-order valence-corrected chi connectivity index (χ4v) is 2.53. The summed E-state index contributed by atoms with van der Waals surface area (Å²) < 4.78 is 2.09. The zero-order chi connectivity index (χ0) is 12.3. The highest BCUT2D eigenvalue weighted by atomic mass is 32.2. The van der Waals surface area contributed by atoms with Crippen LogP contribution in [0.15, 0.2) is 29.4 Å². The highest BCUT2D eigenvalue weighted by Crippen LogP contribution is 2.23. The van der Waals surface area contributed by atoms with Crippen molar-refractivity contribution in [2.45, 2.75) is 18.6 Å². The predicted octanol–water partition coefficient (Wildman–Crippen LogP) is 1.14. The first-order valence-corrected chi connectivity index (χ1v) is 6.32. The van der Waals surface area contributed by atoms with Crippen molar-refractivity contribution in [1.29, 1.82) is 0 Å². The van der Waals surface area contributed by atoms with E-state index in [2.05, 4.69) is 21.9 Å². The van der Waals surface area contributed by atoms with Gasteiger partial charge in [0.25, 0.3) is 0 Å². The summed E-state index contributed by atoms with van der Waals surface area (Å²) in [7, 11) is 0. The highest BCUT2D eigenvalue weighted by molar-refractivity contribution is 7.99. The van der Waals surface area contributed by atoms with Crippen molar-refractivity contribution < 1.29 is 4.79 Å². The van der Waals surface area contributed by atoms with Crippen LogP contribution >= 0.6 is 11.8 Å². The number of hydrogen-bond acceptors (Lipinski definition) is 4. The molecule has 90 valence electrons. The quantitative estimate of drug-likeness (QED) is 0.369. The van der Waals surface area contributed by atoms with E-state index in [0.29, 0.717) is 0 Å². The molecule has 6 heteroatoms. The van der Waals surface area contributed by atoms with Gasteiger partial charge in [0.05, 0.1) is 16.8 Å². The van der Waals surface area contributed by atoms with Crippen LogP contribution in [0, 0.1) is 0 Å². The molecule has 1 heterocycles. The standard InChI is InChI=1S/C11H14N4OS/c1-2-15-9-6-4-3-5-8(9)13-11(15)17-7-10(16)14-12/h3-6H,2,7,12H2,1H3,(H,14,16). The summed E-state index contributed by atoms with van der Waals surface area (Å²) in [5, 5.41) is 0.845. The van der Waals surface area contributed by atoms with Gasteiger partial charge in [-0.25, -0.2) is 10.8 Å². The van der Waals surface area contributed by atoms with Gasteiger partial charge in [0, 0.05) is 6.54 Å².